The minimum Gasteiger partial charge on any atom is -0.320 e. The van der Waals surface area contributed by atoms with Crippen molar-refractivity contribution in [3.05, 3.63) is 11.1 Å². The zero-order valence-corrected chi connectivity index (χ0v) is 12.2. The molecule has 18 heavy (non-hydrogen) atoms. The summed E-state index contributed by atoms with van der Waals surface area (Å²) in [5, 5.41) is 3.04. The second kappa shape index (κ2) is 7.45. The predicted molar refractivity (Wildman–Crippen MR) is 75.4 cm³/mol. The Morgan fingerprint density at radius 1 is 1.56 bits per heavy atom. The second-order valence-electron chi connectivity index (χ2n) is 3.99. The lowest BCUT2D eigenvalue weighted by atomic mass is 10.00. The molecule has 3 N–H and O–H groups in total. The molecule has 7 heteroatoms. The van der Waals surface area contributed by atoms with Crippen molar-refractivity contribution in [1.82, 2.24) is 4.98 Å². The van der Waals surface area contributed by atoms with Gasteiger partial charge in [0.1, 0.15) is 0 Å². The number of nitrogens with one attached hydrogen (secondary N) is 1. The summed E-state index contributed by atoms with van der Waals surface area (Å²) in [6, 6.07) is -0.551. The lowest BCUT2D eigenvalue weighted by Crippen LogP contribution is -2.40. The molecule has 1 amide bonds. The van der Waals surface area contributed by atoms with Crippen LogP contribution >= 0.6 is 23.7 Å². The van der Waals surface area contributed by atoms with Gasteiger partial charge in [0.15, 0.2) is 10.9 Å². The first-order valence-corrected chi connectivity index (χ1v) is 6.30. The second-order valence-corrected chi connectivity index (χ2v) is 5.02. The van der Waals surface area contributed by atoms with Crippen molar-refractivity contribution in [3.63, 3.8) is 0 Å². The molecule has 0 aliphatic rings. The van der Waals surface area contributed by atoms with Crippen LogP contribution in [-0.2, 0) is 4.79 Å². The fourth-order valence-electron chi connectivity index (χ4n) is 1.20. The summed E-state index contributed by atoms with van der Waals surface area (Å²) in [7, 11) is 0. The number of aromatic nitrogens is 1. The third-order valence-corrected chi connectivity index (χ3v) is 3.66. The molecule has 1 heterocycles. The molecule has 0 saturated carbocycles. The van der Waals surface area contributed by atoms with Gasteiger partial charge in [0.2, 0.25) is 5.91 Å². The summed E-state index contributed by atoms with van der Waals surface area (Å²) in [4.78, 5) is 27.3. The molecule has 5 nitrogen and oxygen atoms in total. The molecule has 0 fully saturated rings. The van der Waals surface area contributed by atoms with Crippen LogP contribution in [0.3, 0.4) is 0 Å². The van der Waals surface area contributed by atoms with Crippen LogP contribution in [0.25, 0.3) is 0 Å². The molecule has 1 aromatic heterocycles. The van der Waals surface area contributed by atoms with E-state index in [0.29, 0.717) is 10.0 Å². The quantitative estimate of drug-likeness (QED) is 0.813. The highest BCUT2D eigenvalue weighted by molar-refractivity contribution is 7.17. The lowest BCUT2D eigenvalue weighted by Gasteiger charge is -2.16. The van der Waals surface area contributed by atoms with E-state index in [1.807, 2.05) is 13.8 Å². The van der Waals surface area contributed by atoms with E-state index in [2.05, 4.69) is 10.3 Å². The molecule has 0 bridgehead atoms. The van der Waals surface area contributed by atoms with Gasteiger partial charge in [-0.2, -0.15) is 0 Å². The van der Waals surface area contributed by atoms with Gasteiger partial charge >= 0.3 is 0 Å². The number of halogens is 1. The summed E-state index contributed by atoms with van der Waals surface area (Å²) in [6.45, 7) is 5.37. The van der Waals surface area contributed by atoms with E-state index in [1.54, 1.807) is 0 Å². The third kappa shape index (κ3) is 4.36. The van der Waals surface area contributed by atoms with Gasteiger partial charge < -0.3 is 11.1 Å². The smallest absolute Gasteiger partial charge is 0.243 e. The average molecular weight is 292 g/mol. The highest BCUT2D eigenvalue weighted by Gasteiger charge is 2.20. The highest BCUT2D eigenvalue weighted by atomic mass is 35.5. The number of carbonyl (C=O) groups is 2. The first kappa shape index (κ1) is 17.0. The van der Waals surface area contributed by atoms with Crippen molar-refractivity contribution in [2.24, 2.45) is 11.7 Å². The van der Waals surface area contributed by atoms with E-state index < -0.39 is 6.04 Å². The topological polar surface area (TPSA) is 85.1 Å². The fourth-order valence-corrected chi connectivity index (χ4v) is 1.91. The zero-order valence-electron chi connectivity index (χ0n) is 10.6. The molecule has 0 aromatic carbocycles. The summed E-state index contributed by atoms with van der Waals surface area (Å²) < 4.78 is 0. The molecule has 102 valence electrons. The molecule has 1 rings (SSSR count). The Labute approximate surface area is 117 Å². The van der Waals surface area contributed by atoms with Crippen molar-refractivity contribution >= 4 is 40.6 Å². The first-order chi connectivity index (χ1) is 7.95. The van der Waals surface area contributed by atoms with Gasteiger partial charge in [0.25, 0.3) is 0 Å². The standard InChI is InChI=1S/C11H17N3O2S.ClH/c1-4-6(2)9(12)10(16)14-11-13-5-8(17-11)7(3)15;/h5-6,9H,4,12H2,1-3H3,(H,13,14,16);1H. The number of hydrogen-bond donors (Lipinski definition) is 2. The zero-order chi connectivity index (χ0) is 13.0. The van der Waals surface area contributed by atoms with Gasteiger partial charge in [0.05, 0.1) is 17.1 Å². The number of thiazole rings is 1. The summed E-state index contributed by atoms with van der Waals surface area (Å²) >= 11 is 1.16. The maximum Gasteiger partial charge on any atom is 0.243 e. The summed E-state index contributed by atoms with van der Waals surface area (Å²) in [5.74, 6) is -0.208. The maximum atomic E-state index is 11.7. The Kier molecular flexibility index (Phi) is 7.05. The van der Waals surface area contributed by atoms with E-state index >= 15 is 0 Å². The molecule has 0 saturated heterocycles. The maximum absolute atomic E-state index is 11.7. The van der Waals surface area contributed by atoms with E-state index in [-0.39, 0.29) is 30.0 Å². The van der Waals surface area contributed by atoms with Crippen LogP contribution in [-0.4, -0.2) is 22.7 Å². The number of amides is 1. The number of nitrogens with two attached hydrogens (primary N) is 1. The third-order valence-electron chi connectivity index (χ3n) is 2.64. The number of Topliss-reactive ketones (excluding diaryl/α,β-unsaturated/α-hetero) is 1. The number of rotatable bonds is 5. The molecule has 2 atom stereocenters. The summed E-state index contributed by atoms with van der Waals surface area (Å²) in [5.41, 5.74) is 5.78. The number of carbonyl (C=O) groups excluding carboxylic acids is 2. The molecular weight excluding hydrogens is 274 g/mol. The lowest BCUT2D eigenvalue weighted by molar-refractivity contribution is -0.118. The van der Waals surface area contributed by atoms with Crippen molar-refractivity contribution in [2.75, 3.05) is 5.32 Å². The van der Waals surface area contributed by atoms with Crippen molar-refractivity contribution < 1.29 is 9.59 Å². The van der Waals surface area contributed by atoms with E-state index in [1.165, 1.54) is 13.1 Å². The first-order valence-electron chi connectivity index (χ1n) is 5.49. The number of nitrogens with zero attached hydrogens (tertiary/aromatic N) is 1. The van der Waals surface area contributed by atoms with Gasteiger partial charge in [-0.15, -0.1) is 12.4 Å². The Morgan fingerprint density at radius 3 is 2.61 bits per heavy atom. The van der Waals surface area contributed by atoms with E-state index in [4.69, 9.17) is 5.73 Å². The normalized spacial score (nSPS) is 13.3. The molecule has 0 spiro atoms. The van der Waals surface area contributed by atoms with E-state index in [0.717, 1.165) is 17.8 Å². The van der Waals surface area contributed by atoms with E-state index in [9.17, 15) is 9.59 Å². The Morgan fingerprint density at radius 2 is 2.17 bits per heavy atom. The molecule has 0 aliphatic carbocycles. The van der Waals surface area contributed by atoms with Crippen molar-refractivity contribution in [2.45, 2.75) is 33.2 Å². The van der Waals surface area contributed by atoms with Crippen LogP contribution in [0.1, 0.15) is 36.9 Å². The Hall–Kier alpha value is -0.980. The van der Waals surface area contributed by atoms with Crippen molar-refractivity contribution in [1.29, 1.82) is 0 Å². The number of ketones is 1. The van der Waals surface area contributed by atoms with Crippen LogP contribution in [0.4, 0.5) is 5.13 Å². The highest BCUT2D eigenvalue weighted by Crippen LogP contribution is 2.19. The molecule has 0 radical (unpaired) electrons. The minimum atomic E-state index is -0.551. The fraction of sp³-hybridized carbons (Fsp3) is 0.545. The average Bonchev–Trinajstić information content (AvgIpc) is 2.75. The minimum absolute atomic E-state index is 0. The van der Waals surface area contributed by atoms with Crippen LogP contribution in [0, 0.1) is 5.92 Å². The van der Waals surface area contributed by atoms with Crippen LogP contribution < -0.4 is 11.1 Å². The van der Waals surface area contributed by atoms with Gasteiger partial charge in [-0.3, -0.25) is 9.59 Å². The Bertz CT molecular complexity index is 422. The SMILES string of the molecule is CCC(C)C(N)C(=O)Nc1ncc(C(C)=O)s1.Cl. The molecular formula is C11H18ClN3O2S. The largest absolute Gasteiger partial charge is 0.320 e. The number of hydrogen-bond acceptors (Lipinski definition) is 5. The molecule has 1 aromatic rings. The number of anilines is 1. The van der Waals surface area contributed by atoms with Gasteiger partial charge in [0, 0.05) is 6.92 Å². The molecule has 0 aliphatic heterocycles. The van der Waals surface area contributed by atoms with Crippen molar-refractivity contribution in [3.8, 4) is 0 Å². The molecule has 2 unspecified atom stereocenters. The monoisotopic (exact) mass is 291 g/mol. The van der Waals surface area contributed by atoms with Crippen LogP contribution in [0.15, 0.2) is 6.20 Å². The summed E-state index contributed by atoms with van der Waals surface area (Å²) in [6.07, 6.45) is 2.29. The predicted octanol–water partition coefficient (Wildman–Crippen LogP) is 2.08. The van der Waals surface area contributed by atoms with Crippen LogP contribution in [0.2, 0.25) is 0 Å². The Balaban J connectivity index is 0.00000289. The van der Waals surface area contributed by atoms with Crippen LogP contribution in [0.5, 0.6) is 0 Å². The van der Waals surface area contributed by atoms with Gasteiger partial charge in [-0.25, -0.2) is 4.98 Å². The van der Waals surface area contributed by atoms with Gasteiger partial charge in [-0.1, -0.05) is 31.6 Å². The van der Waals surface area contributed by atoms with Gasteiger partial charge in [-0.05, 0) is 5.92 Å².